The van der Waals surface area contributed by atoms with E-state index in [0.717, 1.165) is 0 Å². The van der Waals surface area contributed by atoms with Crippen LogP contribution in [0.25, 0.3) is 27.6 Å². The molecular formula is C29H20FN3O5S. The molecule has 0 saturated heterocycles. The Bertz CT molecular complexity index is 1910. The van der Waals surface area contributed by atoms with Gasteiger partial charge >= 0.3 is 5.63 Å². The smallest absolute Gasteiger partial charge is 0.354 e. The van der Waals surface area contributed by atoms with Gasteiger partial charge < -0.3 is 20.0 Å². The van der Waals surface area contributed by atoms with Gasteiger partial charge in [0.1, 0.15) is 21.8 Å². The van der Waals surface area contributed by atoms with Gasteiger partial charge in [-0.3, -0.25) is 9.36 Å². The molecule has 0 atom stereocenters. The van der Waals surface area contributed by atoms with Gasteiger partial charge in [0.05, 0.1) is 5.52 Å². The molecule has 5 aromatic rings. The van der Waals surface area contributed by atoms with E-state index in [9.17, 15) is 19.1 Å². The topological polar surface area (TPSA) is 120 Å². The zero-order valence-corrected chi connectivity index (χ0v) is 21.0. The van der Waals surface area contributed by atoms with Crippen molar-refractivity contribution in [3.8, 4) is 17.2 Å². The Balaban J connectivity index is 1.77. The average molecular weight is 542 g/mol. The predicted molar refractivity (Wildman–Crippen MR) is 149 cm³/mol. The Kier molecular flexibility index (Phi) is 7.02. The summed E-state index contributed by atoms with van der Waals surface area (Å²) in [5.41, 5.74) is 4.45. The molecule has 39 heavy (non-hydrogen) atoms. The van der Waals surface area contributed by atoms with Crippen molar-refractivity contribution in [1.29, 1.82) is 0 Å². The van der Waals surface area contributed by atoms with Gasteiger partial charge in [0, 0.05) is 28.3 Å². The van der Waals surface area contributed by atoms with Crippen LogP contribution < -0.4 is 21.7 Å². The van der Waals surface area contributed by atoms with Crippen LogP contribution in [-0.2, 0) is 0 Å². The summed E-state index contributed by atoms with van der Waals surface area (Å²) in [5.74, 6) is -0.801. The van der Waals surface area contributed by atoms with Crippen LogP contribution in [0.5, 0.6) is 11.5 Å². The molecule has 0 aliphatic heterocycles. The van der Waals surface area contributed by atoms with E-state index in [1.54, 1.807) is 54.6 Å². The van der Waals surface area contributed by atoms with E-state index in [1.165, 1.54) is 41.3 Å². The quantitative estimate of drug-likeness (QED) is 0.159. The number of fused-ring (bicyclic) bond motifs is 3. The van der Waals surface area contributed by atoms with Crippen LogP contribution in [0.2, 0.25) is 0 Å². The molecule has 0 bridgehead atoms. The van der Waals surface area contributed by atoms with Crippen LogP contribution in [-0.4, -0.2) is 15.9 Å². The number of aliphatic imine (C=N–C) groups is 1. The maximum absolute atomic E-state index is 14.3. The number of hydrogen-bond acceptors (Lipinski definition) is 8. The number of ether oxygens (including phenoxy) is 1. The summed E-state index contributed by atoms with van der Waals surface area (Å²) < 4.78 is 26.9. The first-order valence-corrected chi connectivity index (χ1v) is 12.3. The Labute approximate surface area is 224 Å². The number of benzene rings is 3. The normalized spacial score (nSPS) is 11.6. The molecule has 3 N–H and O–H groups in total. The van der Waals surface area contributed by atoms with Gasteiger partial charge in [-0.2, -0.15) is 0 Å². The highest BCUT2D eigenvalue weighted by molar-refractivity contribution is 7.99. The van der Waals surface area contributed by atoms with E-state index in [1.807, 2.05) is 0 Å². The molecule has 2 heterocycles. The number of hydrogen-bond donors (Lipinski definition) is 2. The zero-order valence-electron chi connectivity index (χ0n) is 20.2. The second kappa shape index (κ2) is 10.7. The number of nitrogens with two attached hydrogens (primary N) is 1. The van der Waals surface area contributed by atoms with Gasteiger partial charge in [-0.1, -0.05) is 42.1 Å². The summed E-state index contributed by atoms with van der Waals surface area (Å²) in [7, 11) is 0. The van der Waals surface area contributed by atoms with Crippen LogP contribution in [0, 0.1) is 5.82 Å². The van der Waals surface area contributed by atoms with Crippen LogP contribution in [0.1, 0.15) is 0 Å². The van der Waals surface area contributed by atoms with Crippen LogP contribution in [0.15, 0.2) is 126 Å². The maximum Gasteiger partial charge on any atom is 0.354 e. The molecule has 0 fully saturated rings. The molecule has 8 nitrogen and oxygen atoms in total. The van der Waals surface area contributed by atoms with Crippen LogP contribution in [0.3, 0.4) is 0 Å². The van der Waals surface area contributed by atoms with Crippen LogP contribution in [0.4, 0.5) is 4.39 Å². The minimum absolute atomic E-state index is 0.0702. The molecule has 0 unspecified atom stereocenters. The molecule has 0 radical (unpaired) electrons. The van der Waals surface area contributed by atoms with E-state index in [0.29, 0.717) is 34.1 Å². The summed E-state index contributed by atoms with van der Waals surface area (Å²) in [6, 6.07) is 19.3. The zero-order chi connectivity index (χ0) is 27.5. The lowest BCUT2D eigenvalue weighted by atomic mass is 10.1. The van der Waals surface area contributed by atoms with Crippen molar-refractivity contribution < 1.29 is 18.7 Å². The van der Waals surface area contributed by atoms with E-state index >= 15 is 0 Å². The third-order valence-electron chi connectivity index (χ3n) is 5.65. The second-order valence-corrected chi connectivity index (χ2v) is 9.17. The maximum atomic E-state index is 14.3. The molecule has 0 spiro atoms. The number of nitrogens with zero attached hydrogens (tertiary/aromatic N) is 2. The van der Waals surface area contributed by atoms with Crippen molar-refractivity contribution in [2.45, 2.75) is 9.79 Å². The first kappa shape index (κ1) is 25.6. The Morgan fingerprint density at radius 3 is 2.59 bits per heavy atom. The molecule has 5 rings (SSSR count). The fraction of sp³-hybridized carbons (Fsp3) is 0. The van der Waals surface area contributed by atoms with Gasteiger partial charge in [0.2, 0.25) is 5.88 Å². The average Bonchev–Trinajstić information content (AvgIpc) is 2.92. The number of halogens is 1. The number of pyridine rings is 1. The summed E-state index contributed by atoms with van der Waals surface area (Å²) in [4.78, 5) is 30.7. The van der Waals surface area contributed by atoms with E-state index in [4.69, 9.17) is 14.9 Å². The predicted octanol–water partition coefficient (Wildman–Crippen LogP) is 5.49. The second-order valence-electron chi connectivity index (χ2n) is 8.12. The Hall–Kier alpha value is -5.09. The number of allylic oxidation sites excluding steroid dienone is 1. The summed E-state index contributed by atoms with van der Waals surface area (Å²) in [6.07, 6.45) is 4.21. The SMILES string of the molecule is C=C(/N=C\C=C/N)Oc1ccc2c3oc(=O)c(Sc4ccccc4F)c(O)c3c(=O)n(-c3ccccc3)c2c1. The summed E-state index contributed by atoms with van der Waals surface area (Å²) in [6.45, 7) is 3.74. The summed E-state index contributed by atoms with van der Waals surface area (Å²) in [5, 5.41) is 11.3. The standard InChI is InChI=1S/C29H20FN3O5S/c1-17(32-15-7-14-31)37-19-12-13-20-22(16-19)33(18-8-3-2-4-9-18)28(35)24-25(34)27(29(36)38-26(20)24)39-23-11-6-5-10-21(23)30/h2-16,34H,1,31H2/b14-7-,32-15-. The highest BCUT2D eigenvalue weighted by atomic mass is 32.2. The number of aromatic hydroxyl groups is 1. The fourth-order valence-corrected chi connectivity index (χ4v) is 4.82. The molecule has 0 aliphatic rings. The molecule has 2 aromatic heterocycles. The first-order chi connectivity index (χ1) is 18.9. The van der Waals surface area contributed by atoms with Crippen molar-refractivity contribution in [2.24, 2.45) is 10.7 Å². The molecule has 194 valence electrons. The molecule has 10 heteroatoms. The van der Waals surface area contributed by atoms with Gasteiger partial charge in [-0.25, -0.2) is 14.2 Å². The van der Waals surface area contributed by atoms with Gasteiger partial charge in [0.25, 0.3) is 5.56 Å². The third-order valence-corrected chi connectivity index (χ3v) is 6.76. The monoisotopic (exact) mass is 541 g/mol. The van der Waals surface area contributed by atoms with Crippen LogP contribution >= 0.6 is 11.8 Å². The molecule has 0 saturated carbocycles. The van der Waals surface area contributed by atoms with Crippen molar-refractivity contribution >= 4 is 39.8 Å². The molecular weight excluding hydrogens is 521 g/mol. The van der Waals surface area contributed by atoms with Crippen molar-refractivity contribution in [2.75, 3.05) is 0 Å². The van der Waals surface area contributed by atoms with E-state index in [2.05, 4.69) is 11.6 Å². The number of para-hydroxylation sites is 1. The molecule has 0 aliphatic carbocycles. The minimum atomic E-state index is -0.914. The van der Waals surface area contributed by atoms with Gasteiger partial charge in [0.15, 0.2) is 11.3 Å². The van der Waals surface area contributed by atoms with Crippen molar-refractivity contribution in [3.05, 3.63) is 124 Å². The molecule has 3 aromatic carbocycles. The molecule has 0 amide bonds. The lowest BCUT2D eigenvalue weighted by molar-refractivity contribution is 0.425. The lowest BCUT2D eigenvalue weighted by Gasteiger charge is -2.15. The number of aromatic nitrogens is 1. The van der Waals surface area contributed by atoms with Gasteiger partial charge in [-0.05, 0) is 55.3 Å². The summed E-state index contributed by atoms with van der Waals surface area (Å²) >= 11 is 0.680. The minimum Gasteiger partial charge on any atom is -0.505 e. The Morgan fingerprint density at radius 1 is 1.10 bits per heavy atom. The Morgan fingerprint density at radius 2 is 1.85 bits per heavy atom. The van der Waals surface area contributed by atoms with Crippen molar-refractivity contribution in [1.82, 2.24) is 4.57 Å². The van der Waals surface area contributed by atoms with E-state index in [-0.39, 0.29) is 26.6 Å². The fourth-order valence-electron chi connectivity index (χ4n) is 3.97. The van der Waals surface area contributed by atoms with E-state index < -0.39 is 22.8 Å². The van der Waals surface area contributed by atoms with Gasteiger partial charge in [-0.15, -0.1) is 0 Å². The lowest BCUT2D eigenvalue weighted by Crippen LogP contribution is -2.20. The van der Waals surface area contributed by atoms with Crippen molar-refractivity contribution in [3.63, 3.8) is 0 Å². The number of rotatable bonds is 7. The first-order valence-electron chi connectivity index (χ1n) is 11.5. The third kappa shape index (κ3) is 4.92. The highest BCUT2D eigenvalue weighted by Crippen LogP contribution is 2.38. The highest BCUT2D eigenvalue weighted by Gasteiger charge is 2.24. The largest absolute Gasteiger partial charge is 0.505 e.